The molecule has 0 amide bonds. The lowest BCUT2D eigenvalue weighted by Gasteiger charge is -2.11. The molecular formula is C49H34N4. The van der Waals surface area contributed by atoms with Gasteiger partial charge in [0.25, 0.3) is 0 Å². The maximum atomic E-state index is 5.48. The number of hydrogen-bond acceptors (Lipinski definition) is 1. The number of rotatable bonds is 4. The zero-order valence-corrected chi connectivity index (χ0v) is 29.2. The van der Waals surface area contributed by atoms with Gasteiger partial charge in [-0.1, -0.05) is 140 Å². The van der Waals surface area contributed by atoms with Crippen LogP contribution in [0.4, 0.5) is 0 Å². The molecule has 0 radical (unpaired) electrons. The Balaban J connectivity index is 1.24. The molecule has 0 aliphatic heterocycles. The van der Waals surface area contributed by atoms with E-state index in [1.165, 1.54) is 37.7 Å². The van der Waals surface area contributed by atoms with Gasteiger partial charge in [-0.25, -0.2) is 4.99 Å². The summed E-state index contributed by atoms with van der Waals surface area (Å²) in [6.45, 7) is 0. The van der Waals surface area contributed by atoms with E-state index in [-0.39, 0.29) is 0 Å². The van der Waals surface area contributed by atoms with Crippen molar-refractivity contribution >= 4 is 82.9 Å². The van der Waals surface area contributed by atoms with Gasteiger partial charge in [-0.3, -0.25) is 9.56 Å². The summed E-state index contributed by atoms with van der Waals surface area (Å²) < 4.78 is 4.63. The van der Waals surface area contributed by atoms with Crippen molar-refractivity contribution in [2.24, 2.45) is 9.98 Å². The van der Waals surface area contributed by atoms with Crippen LogP contribution in [0.15, 0.2) is 192 Å². The third-order valence-electron chi connectivity index (χ3n) is 10.4. The molecule has 4 heteroatoms. The molecule has 0 saturated heterocycles. The van der Waals surface area contributed by atoms with Gasteiger partial charge in [0.1, 0.15) is 0 Å². The lowest BCUT2D eigenvalue weighted by Crippen LogP contribution is -2.12. The van der Waals surface area contributed by atoms with Gasteiger partial charge in [0.15, 0.2) is 0 Å². The number of fused-ring (bicyclic) bond motifs is 9. The van der Waals surface area contributed by atoms with Crippen LogP contribution < -0.4 is 0 Å². The molecule has 0 unspecified atom stereocenters. The fourth-order valence-corrected chi connectivity index (χ4v) is 7.91. The normalized spacial score (nSPS) is 12.8. The lowest BCUT2D eigenvalue weighted by atomic mass is 10.0. The molecule has 2 heterocycles. The highest BCUT2D eigenvalue weighted by Gasteiger charge is 2.22. The van der Waals surface area contributed by atoms with E-state index in [4.69, 9.17) is 9.98 Å². The SMILES string of the molecule is CN=C(N=C(/C=C/c1ccc2ccccc2c1)c1ccc2ccccc2c1)n1c2ccccc2c2ccc3c(c4ccccc4n3-c3ccccc3)c21. The molecule has 0 N–H and O–H groups in total. The molecule has 0 bridgehead atoms. The number of para-hydroxylation sites is 3. The van der Waals surface area contributed by atoms with Crippen molar-refractivity contribution in [1.82, 2.24) is 9.13 Å². The molecule has 0 spiro atoms. The number of hydrogen-bond donors (Lipinski definition) is 0. The molecule has 0 aliphatic rings. The summed E-state index contributed by atoms with van der Waals surface area (Å²) in [5, 5.41) is 9.48. The number of aromatic nitrogens is 2. The average Bonchev–Trinajstić information content (AvgIpc) is 3.74. The van der Waals surface area contributed by atoms with Crippen molar-refractivity contribution in [3.63, 3.8) is 0 Å². The fraction of sp³-hybridized carbons (Fsp3) is 0.0204. The predicted molar refractivity (Wildman–Crippen MR) is 226 cm³/mol. The van der Waals surface area contributed by atoms with E-state index >= 15 is 0 Å². The summed E-state index contributed by atoms with van der Waals surface area (Å²) in [5.41, 5.74) is 8.54. The minimum atomic E-state index is 0.617. The number of aliphatic imine (C=N–C) groups is 2. The highest BCUT2D eigenvalue weighted by molar-refractivity contribution is 6.29. The van der Waals surface area contributed by atoms with Crippen LogP contribution in [0, 0.1) is 0 Å². The quantitative estimate of drug-likeness (QED) is 0.131. The molecule has 0 aliphatic carbocycles. The third-order valence-corrected chi connectivity index (χ3v) is 10.4. The third kappa shape index (κ3) is 5.15. The highest BCUT2D eigenvalue weighted by Crippen LogP contribution is 2.40. The smallest absolute Gasteiger partial charge is 0.230 e. The average molecular weight is 679 g/mol. The maximum Gasteiger partial charge on any atom is 0.230 e. The molecule has 10 aromatic rings. The van der Waals surface area contributed by atoms with Crippen LogP contribution in [0.25, 0.3) is 76.9 Å². The first-order chi connectivity index (χ1) is 26.2. The summed E-state index contributed by atoms with van der Waals surface area (Å²) in [4.78, 5) is 10.4. The van der Waals surface area contributed by atoms with Crippen molar-refractivity contribution in [2.75, 3.05) is 7.05 Å². The van der Waals surface area contributed by atoms with Crippen LogP contribution in [-0.2, 0) is 0 Å². The van der Waals surface area contributed by atoms with Crippen LogP contribution in [-0.4, -0.2) is 27.9 Å². The van der Waals surface area contributed by atoms with Crippen molar-refractivity contribution in [3.05, 3.63) is 193 Å². The zero-order chi connectivity index (χ0) is 35.3. The molecule has 0 saturated carbocycles. The molecule has 10 rings (SSSR count). The van der Waals surface area contributed by atoms with E-state index in [1.54, 1.807) is 0 Å². The Morgan fingerprint density at radius 1 is 0.509 bits per heavy atom. The second kappa shape index (κ2) is 12.6. The highest BCUT2D eigenvalue weighted by atomic mass is 15.2. The minimum Gasteiger partial charge on any atom is -0.309 e. The first-order valence-corrected chi connectivity index (χ1v) is 18.0. The summed E-state index contributed by atoms with van der Waals surface area (Å²) in [6.07, 6.45) is 4.29. The largest absolute Gasteiger partial charge is 0.309 e. The van der Waals surface area contributed by atoms with Crippen molar-refractivity contribution in [3.8, 4) is 5.69 Å². The molecule has 0 atom stereocenters. The number of allylic oxidation sites excluding steroid dienone is 1. The Labute approximate surface area is 306 Å². The summed E-state index contributed by atoms with van der Waals surface area (Å²) >= 11 is 0. The van der Waals surface area contributed by atoms with Crippen molar-refractivity contribution < 1.29 is 0 Å². The van der Waals surface area contributed by atoms with Gasteiger partial charge < -0.3 is 4.57 Å². The van der Waals surface area contributed by atoms with Gasteiger partial charge in [-0.2, -0.15) is 0 Å². The first-order valence-electron chi connectivity index (χ1n) is 18.0. The minimum absolute atomic E-state index is 0.617. The maximum absolute atomic E-state index is 5.48. The van der Waals surface area contributed by atoms with Crippen LogP contribution in [0.2, 0.25) is 0 Å². The summed E-state index contributed by atoms with van der Waals surface area (Å²) in [5.74, 6) is 0.617. The van der Waals surface area contributed by atoms with Gasteiger partial charge >= 0.3 is 0 Å². The van der Waals surface area contributed by atoms with Crippen LogP contribution in [0.5, 0.6) is 0 Å². The molecule has 2 aromatic heterocycles. The molecule has 0 fully saturated rings. The second-order valence-corrected chi connectivity index (χ2v) is 13.4. The van der Waals surface area contributed by atoms with Gasteiger partial charge in [0.2, 0.25) is 5.96 Å². The first kappa shape index (κ1) is 30.8. The zero-order valence-electron chi connectivity index (χ0n) is 29.2. The van der Waals surface area contributed by atoms with E-state index in [0.717, 1.165) is 50.0 Å². The lowest BCUT2D eigenvalue weighted by molar-refractivity contribution is 1.18. The Kier molecular flexibility index (Phi) is 7.33. The van der Waals surface area contributed by atoms with Crippen molar-refractivity contribution in [1.29, 1.82) is 0 Å². The Morgan fingerprint density at radius 2 is 1.15 bits per heavy atom. The van der Waals surface area contributed by atoms with Crippen LogP contribution in [0.3, 0.4) is 0 Å². The van der Waals surface area contributed by atoms with Gasteiger partial charge in [-0.15, -0.1) is 0 Å². The van der Waals surface area contributed by atoms with Gasteiger partial charge in [0.05, 0.1) is 27.8 Å². The predicted octanol–water partition coefficient (Wildman–Crippen LogP) is 12.2. The van der Waals surface area contributed by atoms with Crippen LogP contribution >= 0.6 is 0 Å². The molecule has 8 aromatic carbocycles. The Hall–Kier alpha value is -7.04. The van der Waals surface area contributed by atoms with Gasteiger partial charge in [0, 0.05) is 39.8 Å². The van der Waals surface area contributed by atoms with E-state index in [2.05, 4.69) is 197 Å². The summed E-state index contributed by atoms with van der Waals surface area (Å²) in [7, 11) is 1.85. The van der Waals surface area contributed by atoms with Gasteiger partial charge in [-0.05, 0) is 75.6 Å². The molecule has 53 heavy (non-hydrogen) atoms. The van der Waals surface area contributed by atoms with E-state index < -0.39 is 0 Å². The standard InChI is InChI=1S/C49H34N4/c1-50-49(51-43(38-27-26-35-14-6-8-16-37(35)32-38)29-24-33-23-25-34-13-5-7-15-36(34)31-33)53-44-21-11-9-19-40(44)41-28-30-46-47(48(41)53)42-20-10-12-22-45(42)52(46)39-17-3-2-4-18-39/h2-32H,1H3/b29-24+,50-49?,51-43?. The molecule has 250 valence electrons. The topological polar surface area (TPSA) is 34.6 Å². The van der Waals surface area contributed by atoms with E-state index in [9.17, 15) is 0 Å². The Bertz CT molecular complexity index is 3120. The summed E-state index contributed by atoms with van der Waals surface area (Å²) in [6, 6.07) is 62.5. The van der Waals surface area contributed by atoms with Crippen LogP contribution in [0.1, 0.15) is 11.1 Å². The van der Waals surface area contributed by atoms with E-state index in [0.29, 0.717) is 5.96 Å². The number of benzene rings is 8. The number of nitrogens with zero attached hydrogens (tertiary/aromatic N) is 4. The van der Waals surface area contributed by atoms with Crippen molar-refractivity contribution in [2.45, 2.75) is 0 Å². The Morgan fingerprint density at radius 3 is 1.92 bits per heavy atom. The van der Waals surface area contributed by atoms with E-state index in [1.807, 2.05) is 7.05 Å². The fourth-order valence-electron chi connectivity index (χ4n) is 7.91. The second-order valence-electron chi connectivity index (χ2n) is 13.4. The molecule has 4 nitrogen and oxygen atoms in total. The monoisotopic (exact) mass is 678 g/mol. The molecular weight excluding hydrogens is 645 g/mol.